The molecule has 1 aromatic rings. The summed E-state index contributed by atoms with van der Waals surface area (Å²) in [6.07, 6.45) is 2.37. The Bertz CT molecular complexity index is 539. The maximum atomic E-state index is 11.8. The second-order valence-corrected chi connectivity index (χ2v) is 5.07. The van der Waals surface area contributed by atoms with Crippen LogP contribution in [0.2, 0.25) is 0 Å². The third-order valence-corrected chi connectivity index (χ3v) is 3.41. The minimum absolute atomic E-state index is 0.164. The molecule has 0 amide bonds. The Hall–Kier alpha value is -1.89. The molecule has 1 fully saturated rings. The van der Waals surface area contributed by atoms with Crippen LogP contribution in [0.1, 0.15) is 31.0 Å². The first-order valence-electron chi connectivity index (χ1n) is 7.06. The zero-order chi connectivity index (χ0) is 15.2. The van der Waals surface area contributed by atoms with Crippen LogP contribution in [0.5, 0.6) is 0 Å². The van der Waals surface area contributed by atoms with Gasteiger partial charge in [0.25, 0.3) is 5.56 Å². The van der Waals surface area contributed by atoms with Gasteiger partial charge in [-0.15, -0.1) is 0 Å². The molecule has 0 spiro atoms. The topological polar surface area (TPSA) is 84.5 Å². The van der Waals surface area contributed by atoms with E-state index in [1.54, 1.807) is 7.11 Å². The van der Waals surface area contributed by atoms with E-state index in [1.165, 1.54) is 13.2 Å². The normalized spacial score (nSPS) is 14.0. The van der Waals surface area contributed by atoms with Crippen LogP contribution in [0.4, 0.5) is 5.82 Å². The van der Waals surface area contributed by atoms with Gasteiger partial charge >= 0.3 is 5.97 Å². The number of H-pyrrole nitrogens is 1. The number of carbonyl (C=O) groups excluding carboxylic acids is 1. The molecule has 7 nitrogen and oxygen atoms in total. The summed E-state index contributed by atoms with van der Waals surface area (Å²) >= 11 is 0. The van der Waals surface area contributed by atoms with Crippen LogP contribution in [0.15, 0.2) is 10.9 Å². The third kappa shape index (κ3) is 4.56. The molecule has 0 aliphatic heterocycles. The van der Waals surface area contributed by atoms with Crippen molar-refractivity contribution in [2.24, 2.45) is 0 Å². The summed E-state index contributed by atoms with van der Waals surface area (Å²) in [4.78, 5) is 32.2. The average molecular weight is 295 g/mol. The molecule has 0 saturated heterocycles. The second kappa shape index (κ2) is 7.21. The maximum Gasteiger partial charge on any atom is 0.307 e. The molecule has 2 rings (SSSR count). The Morgan fingerprint density at radius 3 is 2.81 bits per heavy atom. The van der Waals surface area contributed by atoms with E-state index in [0.717, 1.165) is 18.7 Å². The van der Waals surface area contributed by atoms with Crippen molar-refractivity contribution in [2.75, 3.05) is 38.8 Å². The highest BCUT2D eigenvalue weighted by Gasteiger charge is 2.27. The number of carbonyl (C=O) groups is 1. The van der Waals surface area contributed by atoms with E-state index >= 15 is 0 Å². The van der Waals surface area contributed by atoms with Gasteiger partial charge in [0, 0.05) is 32.2 Å². The molecule has 1 saturated carbocycles. The lowest BCUT2D eigenvalue weighted by molar-refractivity contribution is -0.140. The number of aromatic amines is 1. The van der Waals surface area contributed by atoms with Gasteiger partial charge in [-0.1, -0.05) is 0 Å². The number of ether oxygens (including phenoxy) is 2. The van der Waals surface area contributed by atoms with Gasteiger partial charge in [0.05, 0.1) is 20.1 Å². The summed E-state index contributed by atoms with van der Waals surface area (Å²) in [7, 11) is 2.97. The number of methoxy groups -OCH3 is 2. The predicted molar refractivity (Wildman–Crippen MR) is 77.6 cm³/mol. The molecule has 0 bridgehead atoms. The first-order chi connectivity index (χ1) is 10.1. The monoisotopic (exact) mass is 295 g/mol. The molecule has 1 aromatic heterocycles. The second-order valence-electron chi connectivity index (χ2n) is 5.07. The number of hydrogen-bond acceptors (Lipinski definition) is 6. The van der Waals surface area contributed by atoms with E-state index in [0.29, 0.717) is 31.4 Å². The van der Waals surface area contributed by atoms with Crippen molar-refractivity contribution >= 4 is 11.8 Å². The highest BCUT2D eigenvalue weighted by atomic mass is 16.5. The standard InChI is InChI=1S/C14H21N3O4/c1-20-8-7-17(6-5-13(19)21-2)11-9-12(18)16-14(15-11)10-3-4-10/h9-10H,3-8H2,1-2H3,(H,15,16,18). The minimum Gasteiger partial charge on any atom is -0.469 e. The van der Waals surface area contributed by atoms with Crippen LogP contribution in [0.3, 0.4) is 0 Å². The van der Waals surface area contributed by atoms with Crippen LogP contribution < -0.4 is 10.5 Å². The quantitative estimate of drug-likeness (QED) is 0.709. The molecule has 0 aromatic carbocycles. The molecule has 0 atom stereocenters. The van der Waals surface area contributed by atoms with Gasteiger partial charge in [-0.05, 0) is 12.8 Å². The van der Waals surface area contributed by atoms with Crippen molar-refractivity contribution in [3.05, 3.63) is 22.2 Å². The lowest BCUT2D eigenvalue weighted by Gasteiger charge is -2.23. The Labute approximate surface area is 123 Å². The highest BCUT2D eigenvalue weighted by molar-refractivity contribution is 5.69. The molecule has 1 aliphatic carbocycles. The molecule has 1 heterocycles. The number of esters is 1. The van der Waals surface area contributed by atoms with Crippen molar-refractivity contribution in [2.45, 2.75) is 25.2 Å². The zero-order valence-electron chi connectivity index (χ0n) is 12.4. The number of nitrogens with one attached hydrogen (secondary N) is 1. The molecule has 1 aliphatic rings. The van der Waals surface area contributed by atoms with E-state index in [2.05, 4.69) is 14.7 Å². The molecule has 1 N–H and O–H groups in total. The zero-order valence-corrected chi connectivity index (χ0v) is 12.4. The van der Waals surface area contributed by atoms with E-state index < -0.39 is 0 Å². The fourth-order valence-corrected chi connectivity index (χ4v) is 2.05. The summed E-state index contributed by atoms with van der Waals surface area (Å²) in [6, 6.07) is 1.46. The van der Waals surface area contributed by atoms with Crippen LogP contribution in [0, 0.1) is 0 Å². The van der Waals surface area contributed by atoms with Gasteiger partial charge in [0.1, 0.15) is 11.6 Å². The van der Waals surface area contributed by atoms with Gasteiger partial charge in [-0.25, -0.2) is 4.98 Å². The van der Waals surface area contributed by atoms with Crippen LogP contribution in [-0.4, -0.2) is 49.9 Å². The lowest BCUT2D eigenvalue weighted by atomic mass is 10.3. The molecule has 0 unspecified atom stereocenters. The molecule has 0 radical (unpaired) electrons. The minimum atomic E-state index is -0.287. The van der Waals surface area contributed by atoms with E-state index in [-0.39, 0.29) is 17.9 Å². The number of nitrogens with zero attached hydrogens (tertiary/aromatic N) is 2. The van der Waals surface area contributed by atoms with Crippen molar-refractivity contribution in [1.29, 1.82) is 0 Å². The number of hydrogen-bond donors (Lipinski definition) is 1. The Balaban J connectivity index is 2.14. The first kappa shape index (κ1) is 15.5. The van der Waals surface area contributed by atoms with E-state index in [4.69, 9.17) is 4.74 Å². The highest BCUT2D eigenvalue weighted by Crippen LogP contribution is 2.37. The smallest absolute Gasteiger partial charge is 0.307 e. The number of rotatable bonds is 8. The molecule has 21 heavy (non-hydrogen) atoms. The van der Waals surface area contributed by atoms with Crippen LogP contribution >= 0.6 is 0 Å². The summed E-state index contributed by atoms with van der Waals surface area (Å²) in [5, 5.41) is 0. The Morgan fingerprint density at radius 2 is 2.19 bits per heavy atom. The maximum absolute atomic E-state index is 11.8. The lowest BCUT2D eigenvalue weighted by Crippen LogP contribution is -2.32. The van der Waals surface area contributed by atoms with Crippen molar-refractivity contribution in [1.82, 2.24) is 9.97 Å². The largest absolute Gasteiger partial charge is 0.469 e. The number of aromatic nitrogens is 2. The van der Waals surface area contributed by atoms with Crippen molar-refractivity contribution < 1.29 is 14.3 Å². The van der Waals surface area contributed by atoms with Crippen molar-refractivity contribution in [3.8, 4) is 0 Å². The van der Waals surface area contributed by atoms with Gasteiger partial charge in [0.2, 0.25) is 0 Å². The fourth-order valence-electron chi connectivity index (χ4n) is 2.05. The molecular weight excluding hydrogens is 274 g/mol. The summed E-state index contributed by atoms with van der Waals surface area (Å²) < 4.78 is 9.73. The number of anilines is 1. The van der Waals surface area contributed by atoms with Gasteiger partial charge in [-0.3, -0.25) is 9.59 Å². The summed E-state index contributed by atoms with van der Waals surface area (Å²) in [5.74, 6) is 1.40. The SMILES string of the molecule is COCCN(CCC(=O)OC)c1cc(=O)[nH]c(C2CC2)n1. The predicted octanol–water partition coefficient (Wildman–Crippen LogP) is 0.663. The van der Waals surface area contributed by atoms with E-state index in [9.17, 15) is 9.59 Å². The van der Waals surface area contributed by atoms with Gasteiger partial charge < -0.3 is 19.4 Å². The Morgan fingerprint density at radius 1 is 1.43 bits per heavy atom. The van der Waals surface area contributed by atoms with Crippen LogP contribution in [-0.2, 0) is 14.3 Å². The fraction of sp³-hybridized carbons (Fsp3) is 0.643. The molecule has 7 heteroatoms. The van der Waals surface area contributed by atoms with Gasteiger partial charge in [-0.2, -0.15) is 0 Å². The average Bonchev–Trinajstić information content (AvgIpc) is 3.31. The van der Waals surface area contributed by atoms with Crippen LogP contribution in [0.25, 0.3) is 0 Å². The molecule has 116 valence electrons. The van der Waals surface area contributed by atoms with Crippen molar-refractivity contribution in [3.63, 3.8) is 0 Å². The third-order valence-electron chi connectivity index (χ3n) is 3.41. The van der Waals surface area contributed by atoms with Gasteiger partial charge in [0.15, 0.2) is 0 Å². The summed E-state index contributed by atoms with van der Waals surface area (Å²) in [5.41, 5.74) is -0.164. The first-order valence-corrected chi connectivity index (χ1v) is 7.06. The Kier molecular flexibility index (Phi) is 5.32. The van der Waals surface area contributed by atoms with E-state index in [1.807, 2.05) is 4.90 Å². The molecular formula is C14H21N3O4. The summed E-state index contributed by atoms with van der Waals surface area (Å²) in [6.45, 7) is 1.50.